The first kappa shape index (κ1) is 22.9. The Morgan fingerprint density at radius 3 is 2.45 bits per heavy atom. The van der Waals surface area contributed by atoms with Crippen molar-refractivity contribution in [3.8, 4) is 5.75 Å². The molecule has 0 saturated heterocycles. The first-order valence-corrected chi connectivity index (χ1v) is 11.2. The summed E-state index contributed by atoms with van der Waals surface area (Å²) in [5, 5.41) is 2.81. The van der Waals surface area contributed by atoms with E-state index in [0.717, 1.165) is 48.2 Å². The Hall–Kier alpha value is -2.75. The topological polar surface area (TPSA) is 75.7 Å². The van der Waals surface area contributed by atoms with Crippen LogP contribution in [0.1, 0.15) is 31.2 Å². The monoisotopic (exact) mass is 456 g/mol. The molecule has 1 aliphatic carbocycles. The van der Waals surface area contributed by atoms with Gasteiger partial charge in [-0.05, 0) is 43.2 Å². The Balaban J connectivity index is 2.01. The predicted molar refractivity (Wildman–Crippen MR) is 109 cm³/mol. The van der Waals surface area contributed by atoms with Gasteiger partial charge in [-0.2, -0.15) is 13.2 Å². The molecule has 0 radical (unpaired) electrons. The third-order valence-electron chi connectivity index (χ3n) is 5.11. The van der Waals surface area contributed by atoms with Crippen LogP contribution in [-0.2, 0) is 21.0 Å². The van der Waals surface area contributed by atoms with Crippen LogP contribution in [0.2, 0.25) is 0 Å². The molecule has 2 aromatic rings. The average molecular weight is 456 g/mol. The standard InChI is InChI=1S/C21H23F3N2O4S/c1-30-19-12-5-4-11-18(19)26(14-20(27)25-16-8-2-3-9-16)31(28,29)17-10-6-7-15(13-17)21(22,23)24/h4-7,10-13,16H,2-3,8-9,14H2,1H3,(H,25,27). The van der Waals surface area contributed by atoms with Crippen LogP contribution in [0.15, 0.2) is 53.4 Å². The highest BCUT2D eigenvalue weighted by Crippen LogP contribution is 2.35. The summed E-state index contributed by atoms with van der Waals surface area (Å²) in [5.41, 5.74) is -1.03. The normalized spacial score (nSPS) is 15.0. The first-order valence-electron chi connectivity index (χ1n) is 9.75. The van der Waals surface area contributed by atoms with Crippen LogP contribution in [0.25, 0.3) is 0 Å². The van der Waals surface area contributed by atoms with Crippen molar-refractivity contribution in [3.63, 3.8) is 0 Å². The maximum absolute atomic E-state index is 13.4. The molecule has 0 heterocycles. The molecule has 6 nitrogen and oxygen atoms in total. The Bertz CT molecular complexity index is 1030. The largest absolute Gasteiger partial charge is 0.495 e. The van der Waals surface area contributed by atoms with E-state index in [2.05, 4.69) is 5.32 Å². The number of ether oxygens (including phenoxy) is 1. The highest BCUT2D eigenvalue weighted by atomic mass is 32.2. The Morgan fingerprint density at radius 2 is 1.81 bits per heavy atom. The molecule has 1 amide bonds. The molecule has 1 aliphatic rings. The lowest BCUT2D eigenvalue weighted by Gasteiger charge is -2.26. The van der Waals surface area contributed by atoms with Crippen LogP contribution in [0.5, 0.6) is 5.75 Å². The lowest BCUT2D eigenvalue weighted by molar-refractivity contribution is -0.137. The van der Waals surface area contributed by atoms with E-state index in [0.29, 0.717) is 6.07 Å². The van der Waals surface area contributed by atoms with Crippen LogP contribution in [0.4, 0.5) is 18.9 Å². The fraction of sp³-hybridized carbons (Fsp3) is 0.381. The third kappa shape index (κ3) is 5.30. The molecule has 0 bridgehead atoms. The summed E-state index contributed by atoms with van der Waals surface area (Å²) < 4.78 is 72.2. The van der Waals surface area contributed by atoms with E-state index in [-0.39, 0.29) is 17.5 Å². The Kier molecular flexibility index (Phi) is 6.78. The zero-order chi connectivity index (χ0) is 22.6. The molecular formula is C21H23F3N2O4S. The second-order valence-corrected chi connectivity index (χ2v) is 9.12. The minimum absolute atomic E-state index is 0.0386. The van der Waals surface area contributed by atoms with Gasteiger partial charge in [0.15, 0.2) is 0 Å². The summed E-state index contributed by atoms with van der Waals surface area (Å²) in [4.78, 5) is 12.1. The van der Waals surface area contributed by atoms with Gasteiger partial charge in [0, 0.05) is 6.04 Å². The molecule has 0 spiro atoms. The van der Waals surface area contributed by atoms with Crippen molar-refractivity contribution in [2.24, 2.45) is 0 Å². The molecule has 2 aromatic carbocycles. The van der Waals surface area contributed by atoms with Crippen LogP contribution in [0, 0.1) is 0 Å². The summed E-state index contributed by atoms with van der Waals surface area (Å²) >= 11 is 0. The quantitative estimate of drug-likeness (QED) is 0.684. The van der Waals surface area contributed by atoms with Gasteiger partial charge in [-0.3, -0.25) is 9.10 Å². The van der Waals surface area contributed by atoms with E-state index >= 15 is 0 Å². The molecule has 0 aromatic heterocycles. The summed E-state index contributed by atoms with van der Waals surface area (Å²) in [6.45, 7) is -0.588. The molecule has 0 aliphatic heterocycles. The fourth-order valence-corrected chi connectivity index (χ4v) is 5.05. The van der Waals surface area contributed by atoms with Gasteiger partial charge < -0.3 is 10.1 Å². The third-order valence-corrected chi connectivity index (χ3v) is 6.87. The summed E-state index contributed by atoms with van der Waals surface area (Å²) in [7, 11) is -3.17. The van der Waals surface area contributed by atoms with Gasteiger partial charge in [-0.1, -0.05) is 31.0 Å². The van der Waals surface area contributed by atoms with Crippen molar-refractivity contribution in [3.05, 3.63) is 54.1 Å². The molecule has 31 heavy (non-hydrogen) atoms. The maximum Gasteiger partial charge on any atom is 0.416 e. The molecule has 1 saturated carbocycles. The van der Waals surface area contributed by atoms with Crippen LogP contribution in [0.3, 0.4) is 0 Å². The Labute approximate surface area is 179 Å². The number of hydrogen-bond acceptors (Lipinski definition) is 4. The predicted octanol–water partition coefficient (Wildman–Crippen LogP) is 3.97. The minimum atomic E-state index is -4.71. The summed E-state index contributed by atoms with van der Waals surface area (Å²) in [5.74, 6) is -0.361. The number of halogens is 3. The number of carbonyl (C=O) groups is 1. The second-order valence-electron chi connectivity index (χ2n) is 7.26. The van der Waals surface area contributed by atoms with E-state index in [4.69, 9.17) is 4.74 Å². The maximum atomic E-state index is 13.4. The number of amides is 1. The number of methoxy groups -OCH3 is 1. The van der Waals surface area contributed by atoms with Gasteiger partial charge in [0.25, 0.3) is 10.0 Å². The molecular weight excluding hydrogens is 433 g/mol. The molecule has 0 unspecified atom stereocenters. The smallest absolute Gasteiger partial charge is 0.416 e. The summed E-state index contributed by atoms with van der Waals surface area (Å²) in [6.07, 6.45) is -1.14. The lowest BCUT2D eigenvalue weighted by atomic mass is 10.2. The van der Waals surface area contributed by atoms with Gasteiger partial charge in [0.05, 0.1) is 23.3 Å². The number of anilines is 1. The highest BCUT2D eigenvalue weighted by Gasteiger charge is 2.34. The number of sulfonamides is 1. The number of para-hydroxylation sites is 2. The SMILES string of the molecule is COc1ccccc1N(CC(=O)NC1CCCC1)S(=O)(=O)c1cccc(C(F)(F)F)c1. The number of rotatable bonds is 7. The van der Waals surface area contributed by atoms with E-state index in [1.54, 1.807) is 12.1 Å². The van der Waals surface area contributed by atoms with Gasteiger partial charge in [-0.15, -0.1) is 0 Å². The fourth-order valence-electron chi connectivity index (χ4n) is 3.57. The van der Waals surface area contributed by atoms with E-state index < -0.39 is 39.1 Å². The number of carbonyl (C=O) groups excluding carboxylic acids is 1. The van der Waals surface area contributed by atoms with Crippen LogP contribution >= 0.6 is 0 Å². The zero-order valence-corrected chi connectivity index (χ0v) is 17.7. The molecule has 1 fully saturated rings. The highest BCUT2D eigenvalue weighted by molar-refractivity contribution is 7.92. The Morgan fingerprint density at radius 1 is 1.13 bits per heavy atom. The minimum Gasteiger partial charge on any atom is -0.495 e. The second kappa shape index (κ2) is 9.17. The number of hydrogen-bond donors (Lipinski definition) is 1. The van der Waals surface area contributed by atoms with Crippen LogP contribution in [-0.4, -0.2) is 34.0 Å². The molecule has 3 rings (SSSR count). The van der Waals surface area contributed by atoms with Gasteiger partial charge >= 0.3 is 6.18 Å². The molecule has 10 heteroatoms. The van der Waals surface area contributed by atoms with Crippen molar-refractivity contribution in [1.29, 1.82) is 0 Å². The number of nitrogens with one attached hydrogen (secondary N) is 1. The number of benzene rings is 2. The summed E-state index contributed by atoms with van der Waals surface area (Å²) in [6, 6.07) is 9.54. The van der Waals surface area contributed by atoms with Crippen molar-refractivity contribution in [2.45, 2.75) is 42.8 Å². The first-order chi connectivity index (χ1) is 14.6. The van der Waals surface area contributed by atoms with E-state index in [1.807, 2.05) is 0 Å². The molecule has 0 atom stereocenters. The van der Waals surface area contributed by atoms with E-state index in [9.17, 15) is 26.4 Å². The molecule has 168 valence electrons. The van der Waals surface area contributed by atoms with Crippen molar-refractivity contribution >= 4 is 21.6 Å². The van der Waals surface area contributed by atoms with E-state index in [1.165, 1.54) is 19.2 Å². The van der Waals surface area contributed by atoms with Crippen LogP contribution < -0.4 is 14.4 Å². The number of alkyl halides is 3. The van der Waals surface area contributed by atoms with Crippen molar-refractivity contribution in [2.75, 3.05) is 18.0 Å². The molecule has 1 N–H and O–H groups in total. The lowest BCUT2D eigenvalue weighted by Crippen LogP contribution is -2.43. The zero-order valence-electron chi connectivity index (χ0n) is 16.9. The average Bonchev–Trinajstić information content (AvgIpc) is 3.24. The number of nitrogens with zero attached hydrogens (tertiary/aromatic N) is 1. The van der Waals surface area contributed by atoms with Gasteiger partial charge in [-0.25, -0.2) is 8.42 Å². The van der Waals surface area contributed by atoms with Crippen molar-refractivity contribution in [1.82, 2.24) is 5.32 Å². The van der Waals surface area contributed by atoms with Crippen molar-refractivity contribution < 1.29 is 31.1 Å². The van der Waals surface area contributed by atoms with Gasteiger partial charge in [0.1, 0.15) is 12.3 Å². The van der Waals surface area contributed by atoms with Gasteiger partial charge in [0.2, 0.25) is 5.91 Å².